The number of halogens is 1. The van der Waals surface area contributed by atoms with Crippen LogP contribution < -0.4 is 15.8 Å². The number of hydrogen-bond donors (Lipinski definition) is 2. The summed E-state index contributed by atoms with van der Waals surface area (Å²) in [6, 6.07) is 4.27. The molecule has 1 atom stereocenters. The van der Waals surface area contributed by atoms with Gasteiger partial charge in [-0.2, -0.15) is 4.31 Å². The van der Waals surface area contributed by atoms with Crippen LogP contribution in [0.1, 0.15) is 6.42 Å². The molecule has 0 bridgehead atoms. The first-order chi connectivity index (χ1) is 10.8. The smallest absolute Gasteiger partial charge is 0.255 e. The highest BCUT2D eigenvalue weighted by Gasteiger charge is 2.34. The molecular formula is C14H20ClN3O4S. The summed E-state index contributed by atoms with van der Waals surface area (Å²) in [5, 5.41) is 3.33. The van der Waals surface area contributed by atoms with Gasteiger partial charge in [-0.1, -0.05) is 11.6 Å². The zero-order chi connectivity index (χ0) is 17.0. The second-order valence-electron chi connectivity index (χ2n) is 5.42. The number of amides is 1. The predicted octanol–water partition coefficient (Wildman–Crippen LogP) is 0.434. The number of benzene rings is 1. The van der Waals surface area contributed by atoms with Gasteiger partial charge < -0.3 is 15.8 Å². The first kappa shape index (κ1) is 18.0. The highest BCUT2D eigenvalue weighted by Crippen LogP contribution is 2.32. The Bertz CT molecular complexity index is 681. The van der Waals surface area contributed by atoms with Gasteiger partial charge in [0.15, 0.2) is 6.61 Å². The zero-order valence-corrected chi connectivity index (χ0v) is 14.4. The van der Waals surface area contributed by atoms with E-state index in [1.54, 1.807) is 0 Å². The average Bonchev–Trinajstić information content (AvgIpc) is 2.95. The van der Waals surface area contributed by atoms with E-state index >= 15 is 0 Å². The van der Waals surface area contributed by atoms with Gasteiger partial charge in [0.1, 0.15) is 10.6 Å². The Hall–Kier alpha value is -1.35. The lowest BCUT2D eigenvalue weighted by Crippen LogP contribution is -2.31. The van der Waals surface area contributed by atoms with E-state index in [2.05, 4.69) is 5.32 Å². The monoisotopic (exact) mass is 361 g/mol. The highest BCUT2D eigenvalue weighted by atomic mass is 35.5. The van der Waals surface area contributed by atoms with Crippen LogP contribution in [0.2, 0.25) is 5.02 Å². The summed E-state index contributed by atoms with van der Waals surface area (Å²) in [5.41, 5.74) is 5.05. The molecule has 1 aliphatic rings. The number of nitrogens with zero attached hydrogens (tertiary/aromatic N) is 1. The Morgan fingerprint density at radius 2 is 2.26 bits per heavy atom. The van der Waals surface area contributed by atoms with E-state index in [-0.39, 0.29) is 21.6 Å². The van der Waals surface area contributed by atoms with Crippen molar-refractivity contribution in [3.8, 4) is 5.75 Å². The standard InChI is InChI=1S/C14H20ClN3O4S/c1-17-7-10-4-5-18(8-10)23(20,21)13-6-11(15)2-3-12(13)22-9-14(16)19/h2-3,6,10,17H,4-5,7-9H2,1H3,(H2,16,19). The Morgan fingerprint density at radius 3 is 2.91 bits per heavy atom. The Labute approximate surface area is 140 Å². The van der Waals surface area contributed by atoms with Gasteiger partial charge in [0, 0.05) is 18.1 Å². The molecule has 0 aliphatic carbocycles. The van der Waals surface area contributed by atoms with E-state index in [1.807, 2.05) is 7.05 Å². The van der Waals surface area contributed by atoms with Gasteiger partial charge in [0.05, 0.1) is 0 Å². The quantitative estimate of drug-likeness (QED) is 0.733. The van der Waals surface area contributed by atoms with Gasteiger partial charge in [0.25, 0.3) is 5.91 Å². The second-order valence-corrected chi connectivity index (χ2v) is 7.76. The molecule has 0 spiro atoms. The van der Waals surface area contributed by atoms with Gasteiger partial charge in [-0.3, -0.25) is 4.79 Å². The molecule has 0 aromatic heterocycles. The van der Waals surface area contributed by atoms with E-state index in [1.165, 1.54) is 22.5 Å². The Morgan fingerprint density at radius 1 is 1.52 bits per heavy atom. The molecule has 1 unspecified atom stereocenters. The molecule has 7 nitrogen and oxygen atoms in total. The van der Waals surface area contributed by atoms with E-state index in [0.29, 0.717) is 13.1 Å². The topological polar surface area (TPSA) is 102 Å². The van der Waals surface area contributed by atoms with Gasteiger partial charge >= 0.3 is 0 Å². The molecule has 3 N–H and O–H groups in total. The van der Waals surface area contributed by atoms with Crippen molar-refractivity contribution in [3.63, 3.8) is 0 Å². The van der Waals surface area contributed by atoms with Gasteiger partial charge in [-0.05, 0) is 44.1 Å². The number of ether oxygens (including phenoxy) is 1. The lowest BCUT2D eigenvalue weighted by Gasteiger charge is -2.19. The molecule has 9 heteroatoms. The van der Waals surface area contributed by atoms with Crippen molar-refractivity contribution in [3.05, 3.63) is 23.2 Å². The highest BCUT2D eigenvalue weighted by molar-refractivity contribution is 7.89. The van der Waals surface area contributed by atoms with Crippen LogP contribution in [0.25, 0.3) is 0 Å². The van der Waals surface area contributed by atoms with Gasteiger partial charge in [0.2, 0.25) is 10.0 Å². The first-order valence-electron chi connectivity index (χ1n) is 7.20. The minimum absolute atomic E-state index is 0.0450. The molecular weight excluding hydrogens is 342 g/mol. The van der Waals surface area contributed by atoms with Crippen LogP contribution in [0.5, 0.6) is 5.75 Å². The fraction of sp³-hybridized carbons (Fsp3) is 0.500. The molecule has 23 heavy (non-hydrogen) atoms. The van der Waals surface area contributed by atoms with Crippen molar-refractivity contribution in [2.24, 2.45) is 11.7 Å². The maximum Gasteiger partial charge on any atom is 0.255 e. The van der Waals surface area contributed by atoms with Crippen molar-refractivity contribution in [2.75, 3.05) is 33.3 Å². The lowest BCUT2D eigenvalue weighted by atomic mass is 10.1. The molecule has 0 saturated carbocycles. The molecule has 2 rings (SSSR count). The number of nitrogens with two attached hydrogens (primary N) is 1. The predicted molar refractivity (Wildman–Crippen MR) is 86.9 cm³/mol. The summed E-state index contributed by atoms with van der Waals surface area (Å²) < 4.78 is 32.3. The summed E-state index contributed by atoms with van der Waals surface area (Å²) >= 11 is 5.93. The first-order valence-corrected chi connectivity index (χ1v) is 9.01. The number of hydrogen-bond acceptors (Lipinski definition) is 5. The lowest BCUT2D eigenvalue weighted by molar-refractivity contribution is -0.120. The summed E-state index contributed by atoms with van der Waals surface area (Å²) in [4.78, 5) is 10.8. The molecule has 1 aliphatic heterocycles. The van der Waals surface area contributed by atoms with Crippen molar-refractivity contribution in [2.45, 2.75) is 11.3 Å². The minimum Gasteiger partial charge on any atom is -0.482 e. The largest absolute Gasteiger partial charge is 0.482 e. The molecule has 1 amide bonds. The third-order valence-electron chi connectivity index (χ3n) is 3.63. The molecule has 0 radical (unpaired) electrons. The number of sulfonamides is 1. The van der Waals surface area contributed by atoms with Crippen LogP contribution in [0.4, 0.5) is 0 Å². The maximum atomic E-state index is 12.9. The summed E-state index contributed by atoms with van der Waals surface area (Å²) in [5.74, 6) is -0.340. The van der Waals surface area contributed by atoms with E-state index < -0.39 is 22.5 Å². The van der Waals surface area contributed by atoms with Crippen LogP contribution in [0, 0.1) is 5.92 Å². The Kier molecular flexibility index (Phi) is 5.85. The van der Waals surface area contributed by atoms with Crippen LogP contribution >= 0.6 is 11.6 Å². The molecule has 1 aromatic carbocycles. The van der Waals surface area contributed by atoms with E-state index in [0.717, 1.165) is 13.0 Å². The van der Waals surface area contributed by atoms with Crippen molar-refractivity contribution >= 4 is 27.5 Å². The van der Waals surface area contributed by atoms with Crippen molar-refractivity contribution in [1.82, 2.24) is 9.62 Å². The molecule has 128 valence electrons. The van der Waals surface area contributed by atoms with E-state index in [9.17, 15) is 13.2 Å². The number of rotatable bonds is 7. The summed E-state index contributed by atoms with van der Waals surface area (Å²) in [6.45, 7) is 1.24. The summed E-state index contributed by atoms with van der Waals surface area (Å²) in [7, 11) is -1.91. The molecule has 1 saturated heterocycles. The molecule has 1 heterocycles. The zero-order valence-electron chi connectivity index (χ0n) is 12.8. The van der Waals surface area contributed by atoms with Crippen LogP contribution in [-0.4, -0.2) is 51.9 Å². The SMILES string of the molecule is CNCC1CCN(S(=O)(=O)c2cc(Cl)ccc2OCC(N)=O)C1. The van der Waals surface area contributed by atoms with Crippen molar-refractivity contribution in [1.29, 1.82) is 0 Å². The third-order valence-corrected chi connectivity index (χ3v) is 5.76. The number of nitrogens with one attached hydrogen (secondary N) is 1. The van der Waals surface area contributed by atoms with Crippen LogP contribution in [0.15, 0.2) is 23.1 Å². The average molecular weight is 362 g/mol. The van der Waals surface area contributed by atoms with Gasteiger partial charge in [-0.15, -0.1) is 0 Å². The van der Waals surface area contributed by atoms with Crippen LogP contribution in [-0.2, 0) is 14.8 Å². The van der Waals surface area contributed by atoms with Gasteiger partial charge in [-0.25, -0.2) is 8.42 Å². The van der Waals surface area contributed by atoms with Crippen LogP contribution in [0.3, 0.4) is 0 Å². The number of carbonyl (C=O) groups excluding carboxylic acids is 1. The minimum atomic E-state index is -3.75. The van der Waals surface area contributed by atoms with Crippen molar-refractivity contribution < 1.29 is 17.9 Å². The number of primary amides is 1. The second kappa shape index (κ2) is 7.48. The normalized spacial score (nSPS) is 19.0. The number of carbonyl (C=O) groups is 1. The molecule has 1 aromatic rings. The third kappa shape index (κ3) is 4.35. The Balaban J connectivity index is 2.28. The fourth-order valence-electron chi connectivity index (χ4n) is 2.56. The molecule has 1 fully saturated rings. The maximum absolute atomic E-state index is 12.9. The fourth-order valence-corrected chi connectivity index (χ4v) is 4.49. The van der Waals surface area contributed by atoms with E-state index in [4.69, 9.17) is 22.1 Å². The summed E-state index contributed by atoms with van der Waals surface area (Å²) in [6.07, 6.45) is 0.790.